The van der Waals surface area contributed by atoms with Gasteiger partial charge in [0.2, 0.25) is 0 Å². The summed E-state index contributed by atoms with van der Waals surface area (Å²) in [5.41, 5.74) is 7.57. The smallest absolute Gasteiger partial charge is 0.286 e. The number of aliphatic imine (C=N–C) groups is 1. The van der Waals surface area contributed by atoms with Gasteiger partial charge in [0.25, 0.3) is 5.91 Å². The maximum absolute atomic E-state index is 11.8. The molecule has 0 fully saturated rings. The van der Waals surface area contributed by atoms with E-state index in [1.165, 1.54) is 12.7 Å². The number of rotatable bonds is 9. The van der Waals surface area contributed by atoms with Gasteiger partial charge in [-0.05, 0) is 65.6 Å². The van der Waals surface area contributed by atoms with Crippen LogP contribution in [0.25, 0.3) is 6.08 Å². The van der Waals surface area contributed by atoms with Gasteiger partial charge in [-0.1, -0.05) is 37.6 Å². The van der Waals surface area contributed by atoms with Gasteiger partial charge in [0.1, 0.15) is 19.0 Å². The molecule has 6 nitrogen and oxygen atoms in total. The van der Waals surface area contributed by atoms with Gasteiger partial charge in [-0.25, -0.2) is 0 Å². The maximum atomic E-state index is 11.8. The van der Waals surface area contributed by atoms with Crippen molar-refractivity contribution in [2.75, 3.05) is 20.3 Å². The van der Waals surface area contributed by atoms with Crippen LogP contribution in [0.3, 0.4) is 0 Å². The number of amidine groups is 1. The Labute approximate surface area is 191 Å². The normalized spacial score (nSPS) is 15.7. The van der Waals surface area contributed by atoms with Crippen LogP contribution in [-0.4, -0.2) is 31.4 Å². The quantitative estimate of drug-likeness (QED) is 0.406. The van der Waals surface area contributed by atoms with Crippen LogP contribution in [0.1, 0.15) is 37.3 Å². The van der Waals surface area contributed by atoms with Crippen LogP contribution in [0.5, 0.6) is 17.2 Å². The van der Waals surface area contributed by atoms with Crippen molar-refractivity contribution in [3.05, 3.63) is 57.5 Å². The van der Waals surface area contributed by atoms with Gasteiger partial charge in [-0.15, -0.1) is 0 Å². The molecule has 0 unspecified atom stereocenters. The first-order valence-corrected chi connectivity index (χ1v) is 11.1. The van der Waals surface area contributed by atoms with E-state index in [1.54, 1.807) is 18.2 Å². The molecule has 0 bridgehead atoms. The molecule has 2 N–H and O–H groups in total. The van der Waals surface area contributed by atoms with Gasteiger partial charge in [0.15, 0.2) is 16.7 Å². The van der Waals surface area contributed by atoms with Crippen LogP contribution in [0.2, 0.25) is 5.02 Å². The largest absolute Gasteiger partial charge is 0.493 e. The lowest BCUT2D eigenvalue weighted by Gasteiger charge is -2.14. The zero-order chi connectivity index (χ0) is 22.4. The highest BCUT2D eigenvalue weighted by atomic mass is 35.5. The summed E-state index contributed by atoms with van der Waals surface area (Å²) in [6.07, 6.45) is 2.77. The number of thioether (sulfide) groups is 1. The molecule has 1 aliphatic rings. The predicted octanol–water partition coefficient (Wildman–Crippen LogP) is 5.25. The van der Waals surface area contributed by atoms with Crippen LogP contribution in [0, 0.1) is 0 Å². The molecule has 0 saturated carbocycles. The van der Waals surface area contributed by atoms with Gasteiger partial charge in [0.05, 0.1) is 17.0 Å². The summed E-state index contributed by atoms with van der Waals surface area (Å²) in [6.45, 7) is 5.03. The number of nitrogens with two attached hydrogens (primary N) is 1. The number of hydrogen-bond acceptors (Lipinski definition) is 6. The van der Waals surface area contributed by atoms with Crippen LogP contribution in [0.4, 0.5) is 0 Å². The fourth-order valence-electron chi connectivity index (χ4n) is 2.97. The SMILES string of the molecule is CC[C@@H](C)c1ccc(OCCOc2c(Cl)cc(/C=C3\SC(N)=NC3=O)cc2OC)cc1. The molecule has 164 valence electrons. The Morgan fingerprint density at radius 1 is 1.19 bits per heavy atom. The molecule has 8 heteroatoms. The van der Waals surface area contributed by atoms with E-state index in [1.807, 2.05) is 12.1 Å². The van der Waals surface area contributed by atoms with Crippen molar-refractivity contribution in [3.63, 3.8) is 0 Å². The fourth-order valence-corrected chi connectivity index (χ4v) is 3.93. The summed E-state index contributed by atoms with van der Waals surface area (Å²) in [5, 5.41) is 0.595. The summed E-state index contributed by atoms with van der Waals surface area (Å²) < 4.78 is 17.0. The molecular formula is C23H25ClN2O4S. The lowest BCUT2D eigenvalue weighted by atomic mass is 9.99. The van der Waals surface area contributed by atoms with Gasteiger partial charge in [0, 0.05) is 0 Å². The molecule has 0 aromatic heterocycles. The summed E-state index contributed by atoms with van der Waals surface area (Å²) >= 11 is 7.52. The van der Waals surface area contributed by atoms with Crippen molar-refractivity contribution < 1.29 is 19.0 Å². The highest BCUT2D eigenvalue weighted by Gasteiger charge is 2.20. The third-order valence-electron chi connectivity index (χ3n) is 4.85. The predicted molar refractivity (Wildman–Crippen MR) is 126 cm³/mol. The number of ether oxygens (including phenoxy) is 3. The average molecular weight is 461 g/mol. The maximum Gasteiger partial charge on any atom is 0.286 e. The fraction of sp³-hybridized carbons (Fsp3) is 0.304. The summed E-state index contributed by atoms with van der Waals surface area (Å²) in [6, 6.07) is 11.5. The van der Waals surface area contributed by atoms with Crippen molar-refractivity contribution in [1.82, 2.24) is 0 Å². The van der Waals surface area contributed by atoms with Crippen LogP contribution in [-0.2, 0) is 4.79 Å². The monoisotopic (exact) mass is 460 g/mol. The Morgan fingerprint density at radius 3 is 2.52 bits per heavy atom. The molecule has 3 rings (SSSR count). The number of amides is 1. The van der Waals surface area contributed by atoms with Crippen LogP contribution < -0.4 is 19.9 Å². The van der Waals surface area contributed by atoms with E-state index >= 15 is 0 Å². The molecule has 0 radical (unpaired) electrons. The van der Waals surface area contributed by atoms with E-state index in [4.69, 9.17) is 31.5 Å². The summed E-state index contributed by atoms with van der Waals surface area (Å²) in [7, 11) is 1.53. The third-order valence-corrected chi connectivity index (χ3v) is 5.94. The molecule has 31 heavy (non-hydrogen) atoms. The third kappa shape index (κ3) is 5.95. The number of carbonyl (C=O) groups is 1. The molecule has 0 aliphatic carbocycles. The minimum Gasteiger partial charge on any atom is -0.493 e. The molecule has 2 aromatic carbocycles. The Balaban J connectivity index is 1.60. The minimum absolute atomic E-state index is 0.226. The summed E-state index contributed by atoms with van der Waals surface area (Å²) in [4.78, 5) is 15.9. The number of benzene rings is 2. The Morgan fingerprint density at radius 2 is 1.90 bits per heavy atom. The van der Waals surface area contributed by atoms with E-state index in [-0.39, 0.29) is 11.1 Å². The molecule has 1 amide bonds. The van der Waals surface area contributed by atoms with Gasteiger partial charge in [-0.3, -0.25) is 4.79 Å². The van der Waals surface area contributed by atoms with Crippen LogP contribution >= 0.6 is 23.4 Å². The molecule has 1 atom stereocenters. The van der Waals surface area contributed by atoms with Gasteiger partial charge in [-0.2, -0.15) is 4.99 Å². The average Bonchev–Trinajstić information content (AvgIpc) is 3.08. The molecular weight excluding hydrogens is 436 g/mol. The molecule has 1 aliphatic heterocycles. The topological polar surface area (TPSA) is 83.1 Å². The van der Waals surface area contributed by atoms with Crippen molar-refractivity contribution in [1.29, 1.82) is 0 Å². The minimum atomic E-state index is -0.368. The highest BCUT2D eigenvalue weighted by molar-refractivity contribution is 8.18. The lowest BCUT2D eigenvalue weighted by molar-refractivity contribution is -0.113. The molecule has 0 spiro atoms. The molecule has 2 aromatic rings. The molecule has 1 heterocycles. The number of halogens is 1. The van der Waals surface area contributed by atoms with E-state index in [2.05, 4.69) is 31.0 Å². The van der Waals surface area contributed by atoms with Crippen molar-refractivity contribution >= 4 is 40.5 Å². The Bertz CT molecular complexity index is 1010. The first-order valence-electron chi connectivity index (χ1n) is 9.92. The number of methoxy groups -OCH3 is 1. The zero-order valence-electron chi connectivity index (χ0n) is 17.7. The first kappa shape index (κ1) is 23.0. The first-order chi connectivity index (χ1) is 14.9. The van der Waals surface area contributed by atoms with Crippen LogP contribution in [0.15, 0.2) is 46.3 Å². The van der Waals surface area contributed by atoms with E-state index < -0.39 is 0 Å². The summed E-state index contributed by atoms with van der Waals surface area (Å²) in [5.74, 6) is 1.83. The van der Waals surface area contributed by atoms with E-state index in [9.17, 15) is 4.79 Å². The Hall–Kier alpha value is -2.64. The number of nitrogens with zero attached hydrogens (tertiary/aromatic N) is 1. The van der Waals surface area contributed by atoms with Gasteiger partial charge < -0.3 is 19.9 Å². The van der Waals surface area contributed by atoms with Crippen molar-refractivity contribution in [2.24, 2.45) is 10.7 Å². The molecule has 0 saturated heterocycles. The standard InChI is InChI=1S/C23H25ClN2O4S/c1-4-14(2)16-5-7-17(8-6-16)29-9-10-30-21-18(24)11-15(12-19(21)28-3)13-20-22(27)26-23(25)31-20/h5-8,11-14H,4,9-10H2,1-3H3,(H2,25,26,27)/b20-13-/t14-/m1/s1. The lowest BCUT2D eigenvalue weighted by Crippen LogP contribution is -2.10. The van der Waals surface area contributed by atoms with E-state index in [0.29, 0.717) is 46.1 Å². The number of hydrogen-bond donors (Lipinski definition) is 1. The van der Waals surface area contributed by atoms with E-state index in [0.717, 1.165) is 23.9 Å². The second-order valence-electron chi connectivity index (χ2n) is 6.98. The number of carbonyl (C=O) groups excluding carboxylic acids is 1. The van der Waals surface area contributed by atoms with Gasteiger partial charge >= 0.3 is 0 Å². The van der Waals surface area contributed by atoms with Crippen molar-refractivity contribution in [2.45, 2.75) is 26.2 Å². The Kier molecular flexibility index (Phi) is 7.87. The highest BCUT2D eigenvalue weighted by Crippen LogP contribution is 2.38. The second-order valence-corrected chi connectivity index (χ2v) is 8.44. The zero-order valence-corrected chi connectivity index (χ0v) is 19.3. The second kappa shape index (κ2) is 10.6. The van der Waals surface area contributed by atoms with Crippen molar-refractivity contribution in [3.8, 4) is 17.2 Å².